The molecule has 0 spiro atoms. The van der Waals surface area contributed by atoms with E-state index in [0.29, 0.717) is 0 Å². The monoisotopic (exact) mass is 214 g/mol. The molecular weight excluding hydrogens is 200 g/mol. The highest BCUT2D eigenvalue weighted by Gasteiger charge is 2.11. The average molecular weight is 214 g/mol. The summed E-state index contributed by atoms with van der Waals surface area (Å²) in [5.74, 6) is 0. The number of rotatable bonds is 4. The molecule has 0 N–H and O–H groups in total. The first-order valence-electron chi connectivity index (χ1n) is 4.13. The van der Waals surface area contributed by atoms with Crippen LogP contribution < -0.4 is 0 Å². The Balaban J connectivity index is 2.62. The van der Waals surface area contributed by atoms with Gasteiger partial charge in [-0.2, -0.15) is 0 Å². The summed E-state index contributed by atoms with van der Waals surface area (Å²) < 4.78 is 11.5. The van der Waals surface area contributed by atoms with Crippen LogP contribution in [0.2, 0.25) is 0 Å². The maximum absolute atomic E-state index is 11.3. The molecule has 0 bridgehead atoms. The molecule has 0 aromatic heterocycles. The largest absolute Gasteiger partial charge is 0.259 e. The molecule has 0 heterocycles. The quantitative estimate of drug-likeness (QED) is 0.765. The number of benzene rings is 1. The summed E-state index contributed by atoms with van der Waals surface area (Å²) >= 11 is 1.67. The Morgan fingerprint density at radius 3 is 2.46 bits per heavy atom. The van der Waals surface area contributed by atoms with E-state index in [2.05, 4.69) is 12.1 Å². The number of hydrogen-bond acceptors (Lipinski definition) is 2. The molecule has 2 unspecified atom stereocenters. The molecule has 13 heavy (non-hydrogen) atoms. The van der Waals surface area contributed by atoms with Crippen molar-refractivity contribution >= 4 is 22.6 Å². The predicted octanol–water partition coefficient (Wildman–Crippen LogP) is 2.30. The molecular formula is C10H14OS2. The van der Waals surface area contributed by atoms with Gasteiger partial charge in [-0.1, -0.05) is 30.3 Å². The topological polar surface area (TPSA) is 17.1 Å². The summed E-state index contributed by atoms with van der Waals surface area (Å²) in [5.41, 5.74) is 1.26. The Morgan fingerprint density at radius 2 is 2.00 bits per heavy atom. The van der Waals surface area contributed by atoms with Gasteiger partial charge in [0, 0.05) is 17.1 Å². The van der Waals surface area contributed by atoms with Crippen molar-refractivity contribution in [2.75, 3.05) is 12.5 Å². The molecule has 72 valence electrons. The van der Waals surface area contributed by atoms with Gasteiger partial charge in [-0.05, 0) is 18.2 Å². The van der Waals surface area contributed by atoms with Crippen molar-refractivity contribution in [1.29, 1.82) is 0 Å². The van der Waals surface area contributed by atoms with Gasteiger partial charge in [0.05, 0.1) is 4.58 Å². The molecule has 0 aliphatic heterocycles. The second kappa shape index (κ2) is 5.45. The molecule has 0 saturated carbocycles. The van der Waals surface area contributed by atoms with Crippen molar-refractivity contribution in [3.63, 3.8) is 0 Å². The van der Waals surface area contributed by atoms with Crippen LogP contribution in [-0.4, -0.2) is 21.3 Å². The Hall–Kier alpha value is -0.280. The molecule has 1 aromatic rings. The summed E-state index contributed by atoms with van der Waals surface area (Å²) in [5, 5.41) is 0. The van der Waals surface area contributed by atoms with Gasteiger partial charge in [0.25, 0.3) is 0 Å². The zero-order valence-corrected chi connectivity index (χ0v) is 9.53. The second-order valence-corrected chi connectivity index (χ2v) is 5.76. The van der Waals surface area contributed by atoms with E-state index in [0.717, 1.165) is 6.42 Å². The van der Waals surface area contributed by atoms with Crippen LogP contribution in [0.15, 0.2) is 30.3 Å². The van der Waals surface area contributed by atoms with Gasteiger partial charge in [-0.3, -0.25) is 4.21 Å². The van der Waals surface area contributed by atoms with Gasteiger partial charge < -0.3 is 0 Å². The van der Waals surface area contributed by atoms with E-state index in [1.165, 1.54) is 5.56 Å². The van der Waals surface area contributed by atoms with Crippen LogP contribution in [0.25, 0.3) is 0 Å². The van der Waals surface area contributed by atoms with Crippen LogP contribution in [0.1, 0.15) is 5.56 Å². The summed E-state index contributed by atoms with van der Waals surface area (Å²) in [4.78, 5) is 0. The molecule has 0 aliphatic rings. The lowest BCUT2D eigenvalue weighted by Gasteiger charge is -2.10. The first-order chi connectivity index (χ1) is 6.24. The predicted molar refractivity (Wildman–Crippen MR) is 61.5 cm³/mol. The Kier molecular flexibility index (Phi) is 4.53. The lowest BCUT2D eigenvalue weighted by Crippen LogP contribution is -2.12. The molecule has 0 aliphatic carbocycles. The maximum Gasteiger partial charge on any atom is 0.0835 e. The molecule has 3 heteroatoms. The van der Waals surface area contributed by atoms with E-state index in [4.69, 9.17) is 0 Å². The molecule has 0 amide bonds. The standard InChI is InChI=1S/C10H14OS2/c1-12-10(13(2)11)8-9-6-4-3-5-7-9/h3-7,10H,8H2,1-2H3. The lowest BCUT2D eigenvalue weighted by atomic mass is 10.2. The lowest BCUT2D eigenvalue weighted by molar-refractivity contribution is 0.684. The normalized spacial score (nSPS) is 15.2. The van der Waals surface area contributed by atoms with Gasteiger partial charge in [0.2, 0.25) is 0 Å². The molecule has 0 fully saturated rings. The molecule has 1 rings (SSSR count). The van der Waals surface area contributed by atoms with Crippen LogP contribution in [0.5, 0.6) is 0 Å². The molecule has 1 aromatic carbocycles. The zero-order chi connectivity index (χ0) is 9.68. The van der Waals surface area contributed by atoms with Crippen LogP contribution in [0.3, 0.4) is 0 Å². The highest BCUT2D eigenvalue weighted by Crippen LogP contribution is 2.16. The smallest absolute Gasteiger partial charge is 0.0835 e. The third-order valence-corrected chi connectivity index (χ3v) is 4.87. The van der Waals surface area contributed by atoms with Crippen LogP contribution in [0, 0.1) is 0 Å². The van der Waals surface area contributed by atoms with Gasteiger partial charge in [-0.25, -0.2) is 0 Å². The molecule has 2 atom stereocenters. The second-order valence-electron chi connectivity index (χ2n) is 2.85. The van der Waals surface area contributed by atoms with Gasteiger partial charge in [0.15, 0.2) is 0 Å². The van der Waals surface area contributed by atoms with E-state index in [-0.39, 0.29) is 4.58 Å². The van der Waals surface area contributed by atoms with E-state index in [1.807, 2.05) is 24.5 Å². The van der Waals surface area contributed by atoms with Crippen molar-refractivity contribution < 1.29 is 4.21 Å². The first-order valence-corrected chi connectivity index (χ1v) is 7.04. The summed E-state index contributed by atoms with van der Waals surface area (Å²) in [6.45, 7) is 0. The fourth-order valence-electron chi connectivity index (χ4n) is 1.14. The van der Waals surface area contributed by atoms with Crippen LogP contribution in [-0.2, 0) is 17.2 Å². The summed E-state index contributed by atoms with van der Waals surface area (Å²) in [6, 6.07) is 10.2. The van der Waals surface area contributed by atoms with Crippen molar-refractivity contribution in [2.24, 2.45) is 0 Å². The van der Waals surface area contributed by atoms with Crippen molar-refractivity contribution in [3.05, 3.63) is 35.9 Å². The zero-order valence-electron chi connectivity index (χ0n) is 7.90. The van der Waals surface area contributed by atoms with Crippen molar-refractivity contribution in [1.82, 2.24) is 0 Å². The highest BCUT2D eigenvalue weighted by molar-refractivity contribution is 8.10. The third-order valence-electron chi connectivity index (χ3n) is 1.88. The molecule has 1 nitrogen and oxygen atoms in total. The SMILES string of the molecule is CSC(Cc1ccccc1)S(C)=O. The molecule has 0 saturated heterocycles. The maximum atomic E-state index is 11.3. The van der Waals surface area contributed by atoms with E-state index in [9.17, 15) is 4.21 Å². The minimum atomic E-state index is -0.741. The Labute approximate surface area is 86.4 Å². The fourth-order valence-corrected chi connectivity index (χ4v) is 3.01. The van der Waals surface area contributed by atoms with Crippen LogP contribution in [0.4, 0.5) is 0 Å². The van der Waals surface area contributed by atoms with Crippen molar-refractivity contribution in [3.8, 4) is 0 Å². The Bertz CT molecular complexity index is 272. The van der Waals surface area contributed by atoms with Gasteiger partial charge >= 0.3 is 0 Å². The van der Waals surface area contributed by atoms with Gasteiger partial charge in [-0.15, -0.1) is 11.8 Å². The average Bonchev–Trinajstić information content (AvgIpc) is 2.15. The Morgan fingerprint density at radius 1 is 1.38 bits per heavy atom. The number of hydrogen-bond donors (Lipinski definition) is 0. The minimum absolute atomic E-state index is 0.224. The molecule has 0 radical (unpaired) electrons. The summed E-state index contributed by atoms with van der Waals surface area (Å²) in [7, 11) is -0.741. The fraction of sp³-hybridized carbons (Fsp3) is 0.400. The van der Waals surface area contributed by atoms with Crippen LogP contribution >= 0.6 is 11.8 Å². The van der Waals surface area contributed by atoms with E-state index in [1.54, 1.807) is 18.0 Å². The van der Waals surface area contributed by atoms with E-state index < -0.39 is 10.8 Å². The van der Waals surface area contributed by atoms with Gasteiger partial charge in [0.1, 0.15) is 0 Å². The van der Waals surface area contributed by atoms with E-state index >= 15 is 0 Å². The minimum Gasteiger partial charge on any atom is -0.259 e. The highest BCUT2D eigenvalue weighted by atomic mass is 32.2. The summed E-state index contributed by atoms with van der Waals surface area (Å²) in [6.07, 6.45) is 4.67. The first kappa shape index (κ1) is 10.8. The van der Waals surface area contributed by atoms with Crippen molar-refractivity contribution in [2.45, 2.75) is 11.0 Å². The number of thioether (sulfide) groups is 1. The third kappa shape index (κ3) is 3.53.